The predicted octanol–water partition coefficient (Wildman–Crippen LogP) is 4.66. The maximum atomic E-state index is 13.1. The standard InChI is InChI=1S/C25H22N2O2/c1-25(2)18-10-6-8-12-20(18)27(4)21(25)13-16-23(28)22(24(16)29)17-14-26(3)19-11-7-5-9-15(17)19/h5-14H,1-4H3/p+1. The molecule has 0 saturated heterocycles. The van der Waals surface area contributed by atoms with E-state index >= 15 is 0 Å². The van der Waals surface area contributed by atoms with Gasteiger partial charge in [0.2, 0.25) is 11.5 Å². The van der Waals surface area contributed by atoms with E-state index in [1.807, 2.05) is 67.3 Å². The van der Waals surface area contributed by atoms with Gasteiger partial charge in [0, 0.05) is 47.4 Å². The lowest BCUT2D eigenvalue weighted by Gasteiger charge is -2.22. The SMILES string of the molecule is Cn1cc(C2=C(O)C(=CC3=[N+](C)c4ccccc4C3(C)C)C2=O)c2ccccc21. The van der Waals surface area contributed by atoms with Gasteiger partial charge in [0.25, 0.3) is 0 Å². The molecule has 29 heavy (non-hydrogen) atoms. The lowest BCUT2D eigenvalue weighted by molar-refractivity contribution is -0.401. The number of Topliss-reactive ketones (excluding diaryl/α,β-unsaturated/α-hetero) is 1. The molecule has 0 bridgehead atoms. The van der Waals surface area contributed by atoms with Crippen LogP contribution in [0.25, 0.3) is 16.5 Å². The lowest BCUT2D eigenvalue weighted by atomic mass is 9.77. The smallest absolute Gasteiger partial charge is 0.209 e. The minimum absolute atomic E-state index is 0.0824. The molecule has 3 aromatic rings. The third-order valence-corrected chi connectivity index (χ3v) is 6.35. The Hall–Kier alpha value is -3.40. The molecule has 2 aromatic carbocycles. The highest BCUT2D eigenvalue weighted by molar-refractivity contribution is 6.41. The Morgan fingerprint density at radius 1 is 1.07 bits per heavy atom. The Bertz CT molecular complexity index is 1320. The highest BCUT2D eigenvalue weighted by Crippen LogP contribution is 2.43. The maximum absolute atomic E-state index is 13.1. The number of nitrogens with zero attached hydrogens (tertiary/aromatic N) is 2. The molecule has 0 atom stereocenters. The van der Waals surface area contributed by atoms with Crippen molar-refractivity contribution in [1.82, 2.24) is 4.57 Å². The van der Waals surface area contributed by atoms with Crippen LogP contribution < -0.4 is 0 Å². The molecule has 1 aliphatic heterocycles. The summed E-state index contributed by atoms with van der Waals surface area (Å²) in [6.45, 7) is 4.30. The summed E-state index contributed by atoms with van der Waals surface area (Å²) in [5, 5.41) is 11.8. The number of aliphatic hydroxyl groups excluding tert-OH is 1. The molecule has 5 rings (SSSR count). The minimum atomic E-state index is -0.242. The van der Waals surface area contributed by atoms with Gasteiger partial charge >= 0.3 is 0 Å². The third-order valence-electron chi connectivity index (χ3n) is 6.35. The second-order valence-electron chi connectivity index (χ2n) is 8.37. The first-order chi connectivity index (χ1) is 13.8. The number of carbonyl (C=O) groups excluding carboxylic acids is 1. The first-order valence-corrected chi connectivity index (χ1v) is 9.77. The van der Waals surface area contributed by atoms with E-state index in [1.54, 1.807) is 0 Å². The van der Waals surface area contributed by atoms with Gasteiger partial charge in [0.05, 0.1) is 16.6 Å². The fourth-order valence-electron chi connectivity index (χ4n) is 4.74. The van der Waals surface area contributed by atoms with Crippen LogP contribution in [0.15, 0.2) is 72.1 Å². The zero-order valence-corrected chi connectivity index (χ0v) is 17.0. The zero-order chi connectivity index (χ0) is 20.5. The third kappa shape index (κ3) is 2.26. The molecule has 2 heterocycles. The molecule has 4 nitrogen and oxygen atoms in total. The van der Waals surface area contributed by atoms with Crippen LogP contribution in [-0.2, 0) is 17.3 Å². The Balaban J connectivity index is 1.63. The van der Waals surface area contributed by atoms with Crippen LogP contribution >= 0.6 is 0 Å². The van der Waals surface area contributed by atoms with Crippen molar-refractivity contribution in [2.75, 3.05) is 7.05 Å². The molecule has 144 valence electrons. The number of aliphatic hydroxyl groups is 1. The number of aryl methyl sites for hydroxylation is 1. The van der Waals surface area contributed by atoms with Crippen molar-refractivity contribution < 1.29 is 14.5 Å². The zero-order valence-electron chi connectivity index (χ0n) is 17.0. The van der Waals surface area contributed by atoms with E-state index in [2.05, 4.69) is 30.6 Å². The average Bonchev–Trinajstić information content (AvgIpc) is 3.13. The summed E-state index contributed by atoms with van der Waals surface area (Å²) in [7, 11) is 3.96. The van der Waals surface area contributed by atoms with Gasteiger partial charge in [-0.1, -0.05) is 36.4 Å². The molecular formula is C25H23N2O2+. The Morgan fingerprint density at radius 3 is 2.48 bits per heavy atom. The largest absolute Gasteiger partial charge is 0.506 e. The molecule has 1 N–H and O–H groups in total. The normalized spacial score (nSPS) is 19.3. The molecule has 2 aliphatic rings. The topological polar surface area (TPSA) is 45.2 Å². The second kappa shape index (κ2) is 5.80. The summed E-state index contributed by atoms with van der Waals surface area (Å²) < 4.78 is 4.10. The van der Waals surface area contributed by atoms with Crippen molar-refractivity contribution >= 4 is 33.7 Å². The van der Waals surface area contributed by atoms with Crippen molar-refractivity contribution in [2.45, 2.75) is 19.3 Å². The van der Waals surface area contributed by atoms with Gasteiger partial charge < -0.3 is 9.67 Å². The Morgan fingerprint density at radius 2 is 1.76 bits per heavy atom. The van der Waals surface area contributed by atoms with Crippen molar-refractivity contribution in [3.63, 3.8) is 0 Å². The summed E-state index contributed by atoms with van der Waals surface area (Å²) in [5.41, 5.74) is 5.73. The predicted molar refractivity (Wildman–Crippen MR) is 116 cm³/mol. The van der Waals surface area contributed by atoms with Crippen molar-refractivity contribution in [3.8, 4) is 0 Å². The quantitative estimate of drug-likeness (QED) is 0.517. The maximum Gasteiger partial charge on any atom is 0.209 e. The number of allylic oxidation sites excluding steroid dienone is 3. The van der Waals surface area contributed by atoms with E-state index in [1.165, 1.54) is 5.56 Å². The molecule has 0 fully saturated rings. The number of benzene rings is 2. The van der Waals surface area contributed by atoms with Crippen molar-refractivity contribution in [2.24, 2.45) is 7.05 Å². The van der Waals surface area contributed by atoms with E-state index in [0.29, 0.717) is 11.1 Å². The number of aromatic nitrogens is 1. The molecule has 0 saturated carbocycles. The minimum Gasteiger partial charge on any atom is -0.506 e. The highest BCUT2D eigenvalue weighted by atomic mass is 16.3. The van der Waals surface area contributed by atoms with Crippen LogP contribution in [0.2, 0.25) is 0 Å². The first-order valence-electron chi connectivity index (χ1n) is 9.77. The number of rotatable bonds is 2. The van der Waals surface area contributed by atoms with Crippen LogP contribution in [0.3, 0.4) is 0 Å². The van der Waals surface area contributed by atoms with Gasteiger partial charge in [0.15, 0.2) is 5.71 Å². The molecule has 4 heteroatoms. The Labute approximate surface area is 169 Å². The van der Waals surface area contributed by atoms with Gasteiger partial charge in [0.1, 0.15) is 12.8 Å². The first kappa shape index (κ1) is 17.7. The molecule has 0 amide bonds. The van der Waals surface area contributed by atoms with Crippen LogP contribution in [0.1, 0.15) is 25.0 Å². The molecule has 0 unspecified atom stereocenters. The molecular weight excluding hydrogens is 360 g/mol. The van der Waals surface area contributed by atoms with Gasteiger partial charge in [-0.05, 0) is 19.9 Å². The average molecular weight is 383 g/mol. The van der Waals surface area contributed by atoms with E-state index in [4.69, 9.17) is 0 Å². The summed E-state index contributed by atoms with van der Waals surface area (Å²) >= 11 is 0. The van der Waals surface area contributed by atoms with E-state index in [0.717, 1.165) is 27.9 Å². The number of carbonyl (C=O) groups is 1. The van der Waals surface area contributed by atoms with E-state index < -0.39 is 0 Å². The summed E-state index contributed by atoms with van der Waals surface area (Å²) in [4.78, 5) is 13.1. The molecule has 0 radical (unpaired) electrons. The van der Waals surface area contributed by atoms with Gasteiger partial charge in [-0.25, -0.2) is 0 Å². The summed E-state index contributed by atoms with van der Waals surface area (Å²) in [6.07, 6.45) is 3.77. The lowest BCUT2D eigenvalue weighted by Crippen LogP contribution is -2.30. The van der Waals surface area contributed by atoms with E-state index in [-0.39, 0.29) is 17.0 Å². The fourth-order valence-corrected chi connectivity index (χ4v) is 4.74. The molecule has 1 aromatic heterocycles. The van der Waals surface area contributed by atoms with Gasteiger partial charge in [-0.15, -0.1) is 0 Å². The number of hydrogen-bond acceptors (Lipinski definition) is 2. The summed E-state index contributed by atoms with van der Waals surface area (Å²) in [6, 6.07) is 16.2. The van der Waals surface area contributed by atoms with Gasteiger partial charge in [-0.2, -0.15) is 4.58 Å². The van der Waals surface area contributed by atoms with Crippen LogP contribution in [0.5, 0.6) is 0 Å². The van der Waals surface area contributed by atoms with Crippen LogP contribution in [0, 0.1) is 0 Å². The number of para-hydroxylation sites is 2. The molecule has 1 aliphatic carbocycles. The van der Waals surface area contributed by atoms with Gasteiger partial charge in [-0.3, -0.25) is 4.79 Å². The van der Waals surface area contributed by atoms with Crippen molar-refractivity contribution in [3.05, 3.63) is 83.3 Å². The molecule has 0 spiro atoms. The van der Waals surface area contributed by atoms with Crippen LogP contribution in [0.4, 0.5) is 5.69 Å². The fraction of sp³-hybridized carbons (Fsp3) is 0.200. The summed E-state index contributed by atoms with van der Waals surface area (Å²) in [5.74, 6) is -0.0227. The monoisotopic (exact) mass is 383 g/mol. The van der Waals surface area contributed by atoms with Crippen molar-refractivity contribution in [1.29, 1.82) is 0 Å². The number of ketones is 1. The second-order valence-corrected chi connectivity index (χ2v) is 8.37. The highest BCUT2D eigenvalue weighted by Gasteiger charge is 2.45. The van der Waals surface area contributed by atoms with Crippen LogP contribution in [-0.4, -0.2) is 32.8 Å². The number of fused-ring (bicyclic) bond motifs is 2. The number of hydrogen-bond donors (Lipinski definition) is 1. The Kier molecular flexibility index (Phi) is 3.54. The van der Waals surface area contributed by atoms with E-state index in [9.17, 15) is 9.90 Å².